The lowest BCUT2D eigenvalue weighted by Crippen LogP contribution is -1.98. The molecule has 5 heteroatoms. The van der Waals surface area contributed by atoms with E-state index in [2.05, 4.69) is 15.3 Å². The summed E-state index contributed by atoms with van der Waals surface area (Å²) in [7, 11) is 0. The Kier molecular flexibility index (Phi) is 2.09. The topological polar surface area (TPSA) is 63.8 Å². The van der Waals surface area contributed by atoms with Gasteiger partial charge < -0.3 is 11.1 Å². The van der Waals surface area contributed by atoms with Gasteiger partial charge in [0.05, 0.1) is 5.69 Å². The Labute approximate surface area is 79.5 Å². The van der Waals surface area contributed by atoms with Gasteiger partial charge in [0.15, 0.2) is 0 Å². The number of aromatic nitrogens is 2. The summed E-state index contributed by atoms with van der Waals surface area (Å²) in [5.74, 6) is 0.992. The van der Waals surface area contributed by atoms with Crippen LogP contribution in [0.15, 0.2) is 29.1 Å². The van der Waals surface area contributed by atoms with Crippen LogP contribution in [0.4, 0.5) is 17.5 Å². The Morgan fingerprint density at radius 2 is 2.31 bits per heavy atom. The lowest BCUT2D eigenvalue weighted by Gasteiger charge is -2.00. The van der Waals surface area contributed by atoms with Crippen molar-refractivity contribution in [3.63, 3.8) is 0 Å². The highest BCUT2D eigenvalue weighted by Crippen LogP contribution is 2.15. The fourth-order valence-corrected chi connectivity index (χ4v) is 1.49. The second-order valence-corrected chi connectivity index (χ2v) is 3.22. The zero-order valence-electron chi connectivity index (χ0n) is 6.77. The van der Waals surface area contributed by atoms with Gasteiger partial charge in [0.1, 0.15) is 5.82 Å². The molecule has 3 N–H and O–H groups in total. The van der Waals surface area contributed by atoms with E-state index in [0.717, 1.165) is 5.69 Å². The molecule has 2 heterocycles. The van der Waals surface area contributed by atoms with E-state index in [1.54, 1.807) is 23.6 Å². The minimum Gasteiger partial charge on any atom is -0.384 e. The number of hydrogen-bond donors (Lipinski definition) is 2. The second-order valence-electron chi connectivity index (χ2n) is 2.44. The molecule has 0 saturated heterocycles. The monoisotopic (exact) mass is 192 g/mol. The van der Waals surface area contributed by atoms with Crippen LogP contribution in [0.25, 0.3) is 0 Å². The van der Waals surface area contributed by atoms with Crippen LogP contribution in [0.5, 0.6) is 0 Å². The normalized spacial score (nSPS) is 9.85. The average molecular weight is 192 g/mol. The Bertz CT molecular complexity index is 385. The van der Waals surface area contributed by atoms with Crippen molar-refractivity contribution >= 4 is 28.8 Å². The maximum Gasteiger partial charge on any atom is 0.229 e. The summed E-state index contributed by atoms with van der Waals surface area (Å²) in [6, 6.07) is 3.61. The van der Waals surface area contributed by atoms with Crippen LogP contribution < -0.4 is 11.1 Å². The third kappa shape index (κ3) is 1.94. The zero-order chi connectivity index (χ0) is 9.10. The minimum atomic E-state index is 0.465. The first-order valence-corrected chi connectivity index (χ1v) is 4.66. The van der Waals surface area contributed by atoms with E-state index in [-0.39, 0.29) is 0 Å². The lowest BCUT2D eigenvalue weighted by atomic mass is 10.5. The molecule has 66 valence electrons. The first-order valence-electron chi connectivity index (χ1n) is 3.72. The van der Waals surface area contributed by atoms with Crippen LogP contribution in [0, 0.1) is 0 Å². The van der Waals surface area contributed by atoms with E-state index in [9.17, 15) is 0 Å². The van der Waals surface area contributed by atoms with Crippen molar-refractivity contribution in [2.75, 3.05) is 11.1 Å². The number of thiophene rings is 1. The standard InChI is InChI=1S/C8H8N4S/c9-7-1-3-10-8(12-7)11-6-2-4-13-5-6/h1-5H,(H3,9,10,11,12). The molecule has 0 unspecified atom stereocenters. The molecule has 0 aliphatic rings. The minimum absolute atomic E-state index is 0.465. The van der Waals surface area contributed by atoms with Crippen molar-refractivity contribution in [1.29, 1.82) is 0 Å². The first-order chi connectivity index (χ1) is 6.34. The molecule has 4 nitrogen and oxygen atoms in total. The Balaban J connectivity index is 2.19. The maximum absolute atomic E-state index is 5.50. The van der Waals surface area contributed by atoms with Gasteiger partial charge in [0.2, 0.25) is 5.95 Å². The van der Waals surface area contributed by atoms with Crippen LogP contribution in [0.3, 0.4) is 0 Å². The van der Waals surface area contributed by atoms with E-state index in [4.69, 9.17) is 5.73 Å². The molecule has 0 spiro atoms. The summed E-state index contributed by atoms with van der Waals surface area (Å²) in [4.78, 5) is 8.03. The van der Waals surface area contributed by atoms with Gasteiger partial charge in [0.25, 0.3) is 0 Å². The van der Waals surface area contributed by atoms with Crippen molar-refractivity contribution < 1.29 is 0 Å². The third-order valence-electron chi connectivity index (χ3n) is 1.45. The van der Waals surface area contributed by atoms with Crippen molar-refractivity contribution in [3.8, 4) is 0 Å². The molecule has 0 bridgehead atoms. The molecule has 0 aliphatic carbocycles. The molecule has 0 radical (unpaired) electrons. The molecule has 2 aromatic heterocycles. The van der Waals surface area contributed by atoms with Crippen LogP contribution >= 0.6 is 11.3 Å². The molecule has 0 aliphatic heterocycles. The predicted molar refractivity (Wildman–Crippen MR) is 54.0 cm³/mol. The van der Waals surface area contributed by atoms with Gasteiger partial charge in [-0.1, -0.05) is 0 Å². The van der Waals surface area contributed by atoms with Gasteiger partial charge in [-0.15, -0.1) is 0 Å². The highest BCUT2D eigenvalue weighted by Gasteiger charge is 1.96. The molecule has 13 heavy (non-hydrogen) atoms. The number of nitrogens with one attached hydrogen (secondary N) is 1. The van der Waals surface area contributed by atoms with E-state index < -0.39 is 0 Å². The number of anilines is 3. The van der Waals surface area contributed by atoms with Crippen molar-refractivity contribution in [2.45, 2.75) is 0 Å². The summed E-state index contributed by atoms with van der Waals surface area (Å²) < 4.78 is 0. The van der Waals surface area contributed by atoms with E-state index in [0.29, 0.717) is 11.8 Å². The first kappa shape index (κ1) is 8.00. The van der Waals surface area contributed by atoms with Crippen LogP contribution in [0.1, 0.15) is 0 Å². The SMILES string of the molecule is Nc1ccnc(Nc2ccsc2)n1. The highest BCUT2D eigenvalue weighted by atomic mass is 32.1. The van der Waals surface area contributed by atoms with Crippen molar-refractivity contribution in [3.05, 3.63) is 29.1 Å². The molecular formula is C8H8N4S. The smallest absolute Gasteiger partial charge is 0.229 e. The van der Waals surface area contributed by atoms with E-state index >= 15 is 0 Å². The van der Waals surface area contributed by atoms with Crippen LogP contribution in [0.2, 0.25) is 0 Å². The largest absolute Gasteiger partial charge is 0.384 e. The van der Waals surface area contributed by atoms with Gasteiger partial charge in [-0.25, -0.2) is 4.98 Å². The Morgan fingerprint density at radius 3 is 3.00 bits per heavy atom. The van der Waals surface area contributed by atoms with Crippen molar-refractivity contribution in [2.24, 2.45) is 0 Å². The maximum atomic E-state index is 5.50. The van der Waals surface area contributed by atoms with E-state index in [1.165, 1.54) is 0 Å². The number of nitrogens with zero attached hydrogens (tertiary/aromatic N) is 2. The van der Waals surface area contributed by atoms with E-state index in [1.807, 2.05) is 16.8 Å². The van der Waals surface area contributed by atoms with Crippen molar-refractivity contribution in [1.82, 2.24) is 9.97 Å². The third-order valence-corrected chi connectivity index (χ3v) is 2.14. The highest BCUT2D eigenvalue weighted by molar-refractivity contribution is 7.08. The summed E-state index contributed by atoms with van der Waals surface area (Å²) in [6.45, 7) is 0. The lowest BCUT2D eigenvalue weighted by molar-refractivity contribution is 1.18. The summed E-state index contributed by atoms with van der Waals surface area (Å²) in [6.07, 6.45) is 1.62. The van der Waals surface area contributed by atoms with Gasteiger partial charge in [-0.05, 0) is 17.5 Å². The molecule has 0 atom stereocenters. The predicted octanol–water partition coefficient (Wildman–Crippen LogP) is 1.86. The zero-order valence-corrected chi connectivity index (χ0v) is 7.58. The molecule has 2 aromatic rings. The molecule has 0 aromatic carbocycles. The average Bonchev–Trinajstić information content (AvgIpc) is 2.57. The summed E-state index contributed by atoms with van der Waals surface area (Å²) in [5, 5.41) is 6.99. The Morgan fingerprint density at radius 1 is 1.38 bits per heavy atom. The molecule has 0 fully saturated rings. The number of nitrogen functional groups attached to an aromatic ring is 1. The Hall–Kier alpha value is -1.62. The van der Waals surface area contributed by atoms with Gasteiger partial charge in [-0.3, -0.25) is 0 Å². The molecular weight excluding hydrogens is 184 g/mol. The van der Waals surface area contributed by atoms with Crippen LogP contribution in [-0.4, -0.2) is 9.97 Å². The molecule has 0 saturated carbocycles. The molecule has 0 amide bonds. The molecule has 2 rings (SSSR count). The van der Waals surface area contributed by atoms with Gasteiger partial charge in [-0.2, -0.15) is 16.3 Å². The summed E-state index contributed by atoms with van der Waals surface area (Å²) >= 11 is 1.61. The van der Waals surface area contributed by atoms with Gasteiger partial charge >= 0.3 is 0 Å². The van der Waals surface area contributed by atoms with Gasteiger partial charge in [0, 0.05) is 11.6 Å². The number of nitrogens with two attached hydrogens (primary N) is 1. The van der Waals surface area contributed by atoms with Crippen LogP contribution in [-0.2, 0) is 0 Å². The number of rotatable bonds is 2. The summed E-state index contributed by atoms with van der Waals surface area (Å²) in [5.41, 5.74) is 6.48. The quantitative estimate of drug-likeness (QED) is 0.762. The second kappa shape index (κ2) is 3.40. The fraction of sp³-hybridized carbons (Fsp3) is 0. The fourth-order valence-electron chi connectivity index (χ4n) is 0.898. The number of hydrogen-bond acceptors (Lipinski definition) is 5.